The Bertz CT molecular complexity index is 1160. The standard InChI is InChI=1S/C24H23F3N6O/c25-24(26,27)17-4-5-20-16(11-17)12-19(23(34)31-13-18-3-1-2-6-29-18)21-15-32(9-10-33(20)21)22-14-28-7-8-30-22/h1-8,11,14,19,21H,9-10,12-13,15H2,(H,31,34)/t19-,21-/m1/s1. The number of hydrogen-bond donors (Lipinski definition) is 1. The van der Waals surface area contributed by atoms with E-state index in [2.05, 4.69) is 30.1 Å². The SMILES string of the molecule is O=C(NCc1ccccn1)[C@@H]1Cc2cc(C(F)(F)F)ccc2N2CCN(c3cnccn3)C[C@H]12. The molecule has 0 bridgehead atoms. The molecule has 3 aromatic rings. The smallest absolute Gasteiger partial charge is 0.364 e. The first-order chi connectivity index (χ1) is 16.4. The lowest BCUT2D eigenvalue weighted by molar-refractivity contribution is -0.137. The number of aromatic nitrogens is 3. The highest BCUT2D eigenvalue weighted by Gasteiger charge is 2.43. The van der Waals surface area contributed by atoms with E-state index in [0.29, 0.717) is 36.7 Å². The number of fused-ring (bicyclic) bond motifs is 3. The Morgan fingerprint density at radius 1 is 1.09 bits per heavy atom. The van der Waals surface area contributed by atoms with Crippen LogP contribution in [-0.2, 0) is 23.9 Å². The molecule has 176 valence electrons. The van der Waals surface area contributed by atoms with Crippen LogP contribution in [0, 0.1) is 5.92 Å². The van der Waals surface area contributed by atoms with E-state index in [0.717, 1.165) is 11.8 Å². The van der Waals surface area contributed by atoms with Crippen LogP contribution in [0.1, 0.15) is 16.8 Å². The van der Waals surface area contributed by atoms with Crippen LogP contribution >= 0.6 is 0 Å². The van der Waals surface area contributed by atoms with Crippen molar-refractivity contribution in [3.8, 4) is 0 Å². The highest BCUT2D eigenvalue weighted by atomic mass is 19.4. The van der Waals surface area contributed by atoms with Gasteiger partial charge in [0.2, 0.25) is 5.91 Å². The van der Waals surface area contributed by atoms with E-state index in [1.165, 1.54) is 12.1 Å². The number of nitrogens with one attached hydrogen (secondary N) is 1. The van der Waals surface area contributed by atoms with Gasteiger partial charge in [0.05, 0.1) is 36.0 Å². The first-order valence-corrected chi connectivity index (χ1v) is 11.1. The Labute approximate surface area is 194 Å². The zero-order valence-electron chi connectivity index (χ0n) is 18.2. The second kappa shape index (κ2) is 8.92. The molecular weight excluding hydrogens is 445 g/mol. The third kappa shape index (κ3) is 4.40. The number of anilines is 2. The zero-order chi connectivity index (χ0) is 23.7. The van der Waals surface area contributed by atoms with E-state index in [1.54, 1.807) is 30.9 Å². The molecule has 0 aliphatic carbocycles. The first-order valence-electron chi connectivity index (χ1n) is 11.1. The van der Waals surface area contributed by atoms with Crippen LogP contribution in [0.3, 0.4) is 0 Å². The van der Waals surface area contributed by atoms with Crippen molar-refractivity contribution in [3.63, 3.8) is 0 Å². The molecule has 4 heterocycles. The largest absolute Gasteiger partial charge is 0.416 e. The Morgan fingerprint density at radius 3 is 2.71 bits per heavy atom. The summed E-state index contributed by atoms with van der Waals surface area (Å²) in [6, 6.07) is 9.06. The number of carbonyl (C=O) groups excluding carboxylic acids is 1. The fraction of sp³-hybridized carbons (Fsp3) is 0.333. The molecule has 1 N–H and O–H groups in total. The minimum absolute atomic E-state index is 0.204. The van der Waals surface area contributed by atoms with Crippen molar-refractivity contribution in [1.82, 2.24) is 20.3 Å². The maximum atomic E-state index is 13.4. The van der Waals surface area contributed by atoms with Crippen LogP contribution in [0.2, 0.25) is 0 Å². The minimum atomic E-state index is -4.44. The second-order valence-corrected chi connectivity index (χ2v) is 8.46. The van der Waals surface area contributed by atoms with Crippen LogP contribution in [-0.4, -0.2) is 46.5 Å². The van der Waals surface area contributed by atoms with E-state index in [1.807, 2.05) is 12.1 Å². The number of piperazine rings is 1. The molecule has 2 aliphatic heterocycles. The summed E-state index contributed by atoms with van der Waals surface area (Å²) in [7, 11) is 0. The van der Waals surface area contributed by atoms with Crippen LogP contribution in [0.5, 0.6) is 0 Å². The summed E-state index contributed by atoms with van der Waals surface area (Å²) in [6.07, 6.45) is 2.34. The molecule has 1 saturated heterocycles. The van der Waals surface area contributed by atoms with E-state index in [-0.39, 0.29) is 24.9 Å². The van der Waals surface area contributed by atoms with Crippen LogP contribution in [0.25, 0.3) is 0 Å². The first kappa shape index (κ1) is 22.1. The molecule has 0 spiro atoms. The fourth-order valence-corrected chi connectivity index (χ4v) is 4.77. The Kier molecular flexibility index (Phi) is 5.80. The molecule has 1 fully saturated rings. The van der Waals surface area contributed by atoms with Gasteiger partial charge in [-0.3, -0.25) is 14.8 Å². The maximum Gasteiger partial charge on any atom is 0.416 e. The summed E-state index contributed by atoms with van der Waals surface area (Å²) in [6.45, 7) is 1.95. The van der Waals surface area contributed by atoms with E-state index in [4.69, 9.17) is 0 Å². The number of nitrogens with zero attached hydrogens (tertiary/aromatic N) is 5. The van der Waals surface area contributed by atoms with Crippen LogP contribution in [0.4, 0.5) is 24.7 Å². The fourth-order valence-electron chi connectivity index (χ4n) is 4.77. The number of carbonyl (C=O) groups is 1. The summed E-state index contributed by atoms with van der Waals surface area (Å²) in [4.78, 5) is 30.2. The number of rotatable bonds is 4. The molecule has 34 heavy (non-hydrogen) atoms. The van der Waals surface area contributed by atoms with Crippen molar-refractivity contribution in [3.05, 3.63) is 78.0 Å². The normalized spacial score (nSPS) is 19.9. The summed E-state index contributed by atoms with van der Waals surface area (Å²) in [5.74, 6) is -0.0168. The van der Waals surface area contributed by atoms with Gasteiger partial charge < -0.3 is 15.1 Å². The maximum absolute atomic E-state index is 13.4. The average molecular weight is 468 g/mol. The quantitative estimate of drug-likeness (QED) is 0.635. The molecule has 2 aromatic heterocycles. The molecule has 1 amide bonds. The van der Waals surface area contributed by atoms with E-state index < -0.39 is 17.7 Å². The third-order valence-electron chi connectivity index (χ3n) is 6.42. The Balaban J connectivity index is 1.44. The van der Waals surface area contributed by atoms with Crippen molar-refractivity contribution in [2.45, 2.75) is 25.2 Å². The molecule has 0 saturated carbocycles. The van der Waals surface area contributed by atoms with Gasteiger partial charge in [0, 0.05) is 43.9 Å². The van der Waals surface area contributed by atoms with Gasteiger partial charge in [0.15, 0.2) is 0 Å². The number of halogens is 3. The summed E-state index contributed by atoms with van der Waals surface area (Å²) < 4.78 is 40.1. The molecular formula is C24H23F3N6O. The number of alkyl halides is 3. The topological polar surface area (TPSA) is 74.2 Å². The van der Waals surface area contributed by atoms with Gasteiger partial charge in [-0.05, 0) is 42.3 Å². The number of amides is 1. The van der Waals surface area contributed by atoms with E-state index in [9.17, 15) is 18.0 Å². The summed E-state index contributed by atoms with van der Waals surface area (Å²) >= 11 is 0. The molecule has 0 radical (unpaired) electrons. The highest BCUT2D eigenvalue weighted by molar-refractivity contribution is 5.82. The molecule has 10 heteroatoms. The minimum Gasteiger partial charge on any atom is -0.364 e. The lowest BCUT2D eigenvalue weighted by atomic mass is 9.82. The number of hydrogen-bond acceptors (Lipinski definition) is 6. The van der Waals surface area contributed by atoms with Crippen molar-refractivity contribution >= 4 is 17.4 Å². The number of pyridine rings is 1. The van der Waals surface area contributed by atoms with Gasteiger partial charge in [-0.25, -0.2) is 4.98 Å². The van der Waals surface area contributed by atoms with Gasteiger partial charge in [-0.2, -0.15) is 13.2 Å². The Hall–Kier alpha value is -3.69. The van der Waals surface area contributed by atoms with Gasteiger partial charge in [-0.1, -0.05) is 6.07 Å². The molecule has 7 nitrogen and oxygen atoms in total. The molecule has 2 aliphatic rings. The second-order valence-electron chi connectivity index (χ2n) is 8.46. The lowest BCUT2D eigenvalue weighted by Crippen LogP contribution is -2.61. The van der Waals surface area contributed by atoms with E-state index >= 15 is 0 Å². The molecule has 0 unspecified atom stereocenters. The molecule has 5 rings (SSSR count). The average Bonchev–Trinajstić information content (AvgIpc) is 2.86. The van der Waals surface area contributed by atoms with Crippen molar-refractivity contribution < 1.29 is 18.0 Å². The predicted octanol–water partition coefficient (Wildman–Crippen LogP) is 3.07. The van der Waals surface area contributed by atoms with Crippen LogP contribution in [0.15, 0.2) is 61.2 Å². The third-order valence-corrected chi connectivity index (χ3v) is 6.42. The monoisotopic (exact) mass is 468 g/mol. The molecule has 1 aromatic carbocycles. The number of benzene rings is 1. The van der Waals surface area contributed by atoms with Gasteiger partial charge >= 0.3 is 6.18 Å². The van der Waals surface area contributed by atoms with Crippen molar-refractivity contribution in [2.24, 2.45) is 5.92 Å². The molecule has 2 atom stereocenters. The van der Waals surface area contributed by atoms with Gasteiger partial charge in [-0.15, -0.1) is 0 Å². The summed E-state index contributed by atoms with van der Waals surface area (Å²) in [5.41, 5.74) is 1.31. The van der Waals surface area contributed by atoms with Crippen molar-refractivity contribution in [2.75, 3.05) is 29.4 Å². The lowest BCUT2D eigenvalue weighted by Gasteiger charge is -2.49. The highest BCUT2D eigenvalue weighted by Crippen LogP contribution is 2.40. The Morgan fingerprint density at radius 2 is 1.97 bits per heavy atom. The van der Waals surface area contributed by atoms with Crippen molar-refractivity contribution in [1.29, 1.82) is 0 Å². The van der Waals surface area contributed by atoms with Gasteiger partial charge in [0.1, 0.15) is 5.82 Å². The summed E-state index contributed by atoms with van der Waals surface area (Å²) in [5, 5.41) is 2.94. The zero-order valence-corrected chi connectivity index (χ0v) is 18.2. The predicted molar refractivity (Wildman–Crippen MR) is 120 cm³/mol. The van der Waals surface area contributed by atoms with Crippen LogP contribution < -0.4 is 15.1 Å². The van der Waals surface area contributed by atoms with Gasteiger partial charge in [0.25, 0.3) is 0 Å².